The summed E-state index contributed by atoms with van der Waals surface area (Å²) in [5, 5.41) is 9.40. The molecule has 0 bridgehead atoms. The highest BCUT2D eigenvalue weighted by Gasteiger charge is 2.32. The molecule has 1 aliphatic heterocycles. The summed E-state index contributed by atoms with van der Waals surface area (Å²) in [6.07, 6.45) is 0. The molecule has 5 nitrogen and oxygen atoms in total. The lowest BCUT2D eigenvalue weighted by atomic mass is 9.97. The lowest BCUT2D eigenvalue weighted by molar-refractivity contribution is 0.0532. The van der Waals surface area contributed by atoms with Crippen molar-refractivity contribution < 1.29 is 24.1 Å². The molecular formula is C12H14O5. The molecule has 0 aromatic heterocycles. The minimum atomic E-state index is -0.419. The standard InChI is InChI=1S/C12H14O5/c1-6-10(15-2)7(4-13)8-5-17-12(14)9(8)11(6)16-3/h13H,4-5H2,1-3H3. The monoisotopic (exact) mass is 238 g/mol. The molecule has 1 aromatic rings. The van der Waals surface area contributed by atoms with Crippen LogP contribution < -0.4 is 9.47 Å². The molecule has 92 valence electrons. The van der Waals surface area contributed by atoms with Gasteiger partial charge in [0.2, 0.25) is 0 Å². The Kier molecular flexibility index (Phi) is 2.93. The Morgan fingerprint density at radius 2 is 1.94 bits per heavy atom. The van der Waals surface area contributed by atoms with E-state index in [1.165, 1.54) is 14.2 Å². The van der Waals surface area contributed by atoms with Gasteiger partial charge in [-0.15, -0.1) is 0 Å². The average molecular weight is 238 g/mol. The molecule has 1 N–H and O–H groups in total. The normalized spacial score (nSPS) is 13.3. The number of hydrogen-bond donors (Lipinski definition) is 1. The van der Waals surface area contributed by atoms with Crippen LogP contribution in [-0.2, 0) is 18.0 Å². The van der Waals surface area contributed by atoms with Gasteiger partial charge in [0.1, 0.15) is 23.7 Å². The van der Waals surface area contributed by atoms with Gasteiger partial charge in [0.15, 0.2) is 0 Å². The molecule has 0 atom stereocenters. The Balaban J connectivity index is 2.80. The first kappa shape index (κ1) is 11.7. The highest BCUT2D eigenvalue weighted by atomic mass is 16.5. The lowest BCUT2D eigenvalue weighted by Gasteiger charge is -2.16. The van der Waals surface area contributed by atoms with E-state index in [1.807, 2.05) is 0 Å². The number of carbonyl (C=O) groups is 1. The molecule has 1 aliphatic rings. The second-order valence-electron chi connectivity index (χ2n) is 3.76. The number of methoxy groups -OCH3 is 2. The summed E-state index contributed by atoms with van der Waals surface area (Å²) in [5.41, 5.74) is 2.33. The minimum absolute atomic E-state index is 0.150. The van der Waals surface area contributed by atoms with E-state index in [1.54, 1.807) is 6.92 Å². The van der Waals surface area contributed by atoms with Gasteiger partial charge in [-0.25, -0.2) is 4.79 Å². The number of esters is 1. The summed E-state index contributed by atoms with van der Waals surface area (Å²) in [4.78, 5) is 11.6. The molecule has 17 heavy (non-hydrogen) atoms. The first-order valence-corrected chi connectivity index (χ1v) is 5.20. The van der Waals surface area contributed by atoms with Gasteiger partial charge in [0.25, 0.3) is 0 Å². The number of benzene rings is 1. The highest BCUT2D eigenvalue weighted by Crippen LogP contribution is 2.41. The van der Waals surface area contributed by atoms with Crippen molar-refractivity contribution in [2.75, 3.05) is 14.2 Å². The van der Waals surface area contributed by atoms with Crippen LogP contribution in [0.25, 0.3) is 0 Å². The van der Waals surface area contributed by atoms with E-state index in [-0.39, 0.29) is 13.2 Å². The number of aliphatic hydroxyl groups is 1. The van der Waals surface area contributed by atoms with E-state index >= 15 is 0 Å². The Hall–Kier alpha value is -1.75. The third-order valence-electron chi connectivity index (χ3n) is 2.97. The van der Waals surface area contributed by atoms with Gasteiger partial charge in [-0.1, -0.05) is 0 Å². The molecule has 0 saturated carbocycles. The van der Waals surface area contributed by atoms with E-state index in [4.69, 9.17) is 14.2 Å². The predicted octanol–water partition coefficient (Wildman–Crippen LogP) is 1.17. The molecule has 1 heterocycles. The molecule has 0 unspecified atom stereocenters. The summed E-state index contributed by atoms with van der Waals surface area (Å²) in [7, 11) is 3.01. The van der Waals surface area contributed by atoms with Crippen LogP contribution in [0.5, 0.6) is 11.5 Å². The second kappa shape index (κ2) is 4.25. The first-order chi connectivity index (χ1) is 8.15. The van der Waals surface area contributed by atoms with Crippen LogP contribution in [0.3, 0.4) is 0 Å². The van der Waals surface area contributed by atoms with Crippen LogP contribution >= 0.6 is 0 Å². The van der Waals surface area contributed by atoms with Crippen molar-refractivity contribution in [3.8, 4) is 11.5 Å². The number of ether oxygens (including phenoxy) is 3. The molecule has 5 heteroatoms. The maximum atomic E-state index is 11.6. The Bertz CT molecular complexity index is 479. The van der Waals surface area contributed by atoms with Gasteiger partial charge in [-0.2, -0.15) is 0 Å². The summed E-state index contributed by atoms with van der Waals surface area (Å²) >= 11 is 0. The summed E-state index contributed by atoms with van der Waals surface area (Å²) in [6, 6.07) is 0. The van der Waals surface area contributed by atoms with Crippen LogP contribution in [0.1, 0.15) is 27.0 Å². The number of fused-ring (bicyclic) bond motifs is 1. The van der Waals surface area contributed by atoms with Crippen LogP contribution in [0.4, 0.5) is 0 Å². The van der Waals surface area contributed by atoms with Crippen molar-refractivity contribution in [3.63, 3.8) is 0 Å². The molecule has 1 aromatic carbocycles. The van der Waals surface area contributed by atoms with Gasteiger partial charge in [-0.05, 0) is 6.92 Å². The van der Waals surface area contributed by atoms with Crippen LogP contribution in [-0.4, -0.2) is 25.3 Å². The summed E-state index contributed by atoms with van der Waals surface area (Å²) in [5.74, 6) is 0.579. The van der Waals surface area contributed by atoms with Crippen LogP contribution in [0.15, 0.2) is 0 Å². The van der Waals surface area contributed by atoms with Crippen molar-refractivity contribution >= 4 is 5.97 Å². The van der Waals surface area contributed by atoms with Crippen LogP contribution in [0.2, 0.25) is 0 Å². The molecule has 0 aliphatic carbocycles. The second-order valence-corrected chi connectivity index (χ2v) is 3.76. The number of carbonyl (C=O) groups excluding carboxylic acids is 1. The largest absolute Gasteiger partial charge is 0.496 e. The quantitative estimate of drug-likeness (QED) is 0.801. The fraction of sp³-hybridized carbons (Fsp3) is 0.417. The van der Waals surface area contributed by atoms with Gasteiger partial charge in [-0.3, -0.25) is 0 Å². The fourth-order valence-electron chi connectivity index (χ4n) is 2.23. The van der Waals surface area contributed by atoms with Crippen molar-refractivity contribution in [1.29, 1.82) is 0 Å². The van der Waals surface area contributed by atoms with E-state index in [0.29, 0.717) is 33.8 Å². The van der Waals surface area contributed by atoms with Gasteiger partial charge >= 0.3 is 5.97 Å². The maximum Gasteiger partial charge on any atom is 0.342 e. The zero-order valence-corrected chi connectivity index (χ0v) is 9.99. The molecule has 2 rings (SSSR count). The molecule has 0 amide bonds. The van der Waals surface area contributed by atoms with E-state index in [2.05, 4.69) is 0 Å². The van der Waals surface area contributed by atoms with Gasteiger partial charge in [0, 0.05) is 16.7 Å². The lowest BCUT2D eigenvalue weighted by Crippen LogP contribution is -2.06. The van der Waals surface area contributed by atoms with Gasteiger partial charge in [0.05, 0.1) is 20.8 Å². The van der Waals surface area contributed by atoms with Crippen molar-refractivity contribution in [1.82, 2.24) is 0 Å². The summed E-state index contributed by atoms with van der Waals surface area (Å²) in [6.45, 7) is 1.73. The maximum absolute atomic E-state index is 11.6. The molecule has 0 spiro atoms. The Labute approximate surface area is 98.9 Å². The Morgan fingerprint density at radius 3 is 2.47 bits per heavy atom. The minimum Gasteiger partial charge on any atom is -0.496 e. The third-order valence-corrected chi connectivity index (χ3v) is 2.97. The van der Waals surface area contributed by atoms with Crippen molar-refractivity contribution in [2.24, 2.45) is 0 Å². The molecule has 0 radical (unpaired) electrons. The summed E-state index contributed by atoms with van der Waals surface area (Å²) < 4.78 is 15.5. The Morgan fingerprint density at radius 1 is 1.29 bits per heavy atom. The average Bonchev–Trinajstić information content (AvgIpc) is 2.70. The number of aliphatic hydroxyl groups excluding tert-OH is 1. The highest BCUT2D eigenvalue weighted by molar-refractivity contribution is 5.98. The zero-order valence-electron chi connectivity index (χ0n) is 9.99. The van der Waals surface area contributed by atoms with E-state index in [0.717, 1.165) is 0 Å². The molecular weight excluding hydrogens is 224 g/mol. The number of hydrogen-bond acceptors (Lipinski definition) is 5. The number of rotatable bonds is 3. The van der Waals surface area contributed by atoms with Crippen LogP contribution in [0, 0.1) is 6.92 Å². The zero-order chi connectivity index (χ0) is 12.6. The van der Waals surface area contributed by atoms with E-state index in [9.17, 15) is 9.90 Å². The predicted molar refractivity (Wildman–Crippen MR) is 59.3 cm³/mol. The number of cyclic esters (lactones) is 1. The van der Waals surface area contributed by atoms with Crippen molar-refractivity contribution in [2.45, 2.75) is 20.1 Å². The smallest absolute Gasteiger partial charge is 0.342 e. The topological polar surface area (TPSA) is 65.0 Å². The van der Waals surface area contributed by atoms with E-state index < -0.39 is 5.97 Å². The van der Waals surface area contributed by atoms with Crippen molar-refractivity contribution in [3.05, 3.63) is 22.3 Å². The van der Waals surface area contributed by atoms with Gasteiger partial charge < -0.3 is 19.3 Å². The first-order valence-electron chi connectivity index (χ1n) is 5.20. The fourth-order valence-corrected chi connectivity index (χ4v) is 2.23. The molecule has 0 fully saturated rings. The SMILES string of the molecule is COc1c(C)c(OC)c2c(c1CO)COC2=O. The molecule has 0 saturated heterocycles. The third kappa shape index (κ3) is 1.54.